The molecule has 7 N–H and O–H groups in total. The Morgan fingerprint density at radius 2 is 0.627 bits per heavy atom. The van der Waals surface area contributed by atoms with Crippen molar-refractivity contribution < 1.29 is 61.3 Å². The van der Waals surface area contributed by atoms with Gasteiger partial charge in [0.25, 0.3) is 0 Å². The van der Waals surface area contributed by atoms with Crippen LogP contribution in [0.25, 0.3) is 0 Å². The lowest BCUT2D eigenvalue weighted by atomic mass is 10.0. The molecule has 12 rings (SSSR count). The highest BCUT2D eigenvalue weighted by Crippen LogP contribution is 2.34. The Balaban J connectivity index is 0.000000196. The van der Waals surface area contributed by atoms with Gasteiger partial charge in [-0.25, -0.2) is 28.8 Å². The van der Waals surface area contributed by atoms with Crippen LogP contribution >= 0.6 is 0 Å². The maximum Gasteiger partial charge on any atom is 0.393 e. The molecule has 0 saturated carbocycles. The highest BCUT2D eigenvalue weighted by molar-refractivity contribution is 5.77. The van der Waals surface area contributed by atoms with E-state index in [1.807, 2.05) is 28.5 Å². The van der Waals surface area contributed by atoms with Crippen LogP contribution in [-0.4, -0.2) is 381 Å². The largest absolute Gasteiger partial charge is 0.393 e. The molecule has 12 amide bonds. The molecule has 6 atom stereocenters. The fourth-order valence-electron chi connectivity index (χ4n) is 18.0. The summed E-state index contributed by atoms with van der Waals surface area (Å²) >= 11 is 0. The first-order valence-corrected chi connectivity index (χ1v) is 45.7. The third-order valence-electron chi connectivity index (χ3n) is 26.2. The van der Waals surface area contributed by atoms with E-state index in [2.05, 4.69) is 150 Å². The fraction of sp³-hybridized carbons (Fsp3) is 0.919. The Bertz CT molecular complexity index is 2970. The van der Waals surface area contributed by atoms with Crippen molar-refractivity contribution in [3.63, 3.8) is 0 Å². The first kappa shape index (κ1) is 99.6. The number of hydrogen-bond acceptors (Lipinski definition) is 17. The average Bonchev–Trinajstić information content (AvgIpc) is 1.70. The van der Waals surface area contributed by atoms with Crippen LogP contribution in [0.4, 0.5) is 41.9 Å². The Morgan fingerprint density at radius 1 is 0.356 bits per heavy atom. The Hall–Kier alpha value is -5.50. The van der Waals surface area contributed by atoms with Crippen LogP contribution in [0.2, 0.25) is 0 Å². The second-order valence-corrected chi connectivity index (χ2v) is 37.2. The minimum absolute atomic E-state index is 0.00505. The summed E-state index contributed by atoms with van der Waals surface area (Å²) in [7, 11) is 3.44. The number of carbonyl (C=O) groups is 6. The molecule has 0 aromatic rings. The van der Waals surface area contributed by atoms with Crippen LogP contribution in [-0.2, 0) is 14.2 Å². The van der Waals surface area contributed by atoms with Gasteiger partial charge in [0.1, 0.15) is 0 Å². The van der Waals surface area contributed by atoms with Gasteiger partial charge in [0, 0.05) is 250 Å². The number of aliphatic hydroxyl groups excluding tert-OH is 1. The topological polar surface area (TPSA) is 285 Å². The average molecular weight is 1680 g/mol. The van der Waals surface area contributed by atoms with Crippen molar-refractivity contribution in [2.45, 2.75) is 316 Å². The number of methoxy groups -OCH3 is 2. The number of carbonyl (C=O) groups excluding carboxylic acids is 6. The molecule has 12 aliphatic heterocycles. The Labute approximate surface area is 707 Å². The third kappa shape index (κ3) is 34.0. The minimum Gasteiger partial charge on any atom is -0.391 e. The number of nitrogens with one attached hydrogen (secondary N) is 6. The van der Waals surface area contributed by atoms with Crippen LogP contribution in [0, 0.1) is 29.1 Å². The number of amides is 12. The van der Waals surface area contributed by atoms with Crippen molar-refractivity contribution in [2.75, 3.05) is 178 Å². The zero-order valence-corrected chi connectivity index (χ0v) is 75.4. The molecule has 12 saturated heterocycles. The number of β-amino-alcohol motifs (C(OH)–C–C–N with tert-alkyl or cyclic N) is 1. The van der Waals surface area contributed by atoms with Gasteiger partial charge < -0.3 is 110 Å². The van der Waals surface area contributed by atoms with Crippen molar-refractivity contribution in [1.82, 2.24) is 90.7 Å². The zero-order valence-electron chi connectivity index (χ0n) is 75.4. The van der Waals surface area contributed by atoms with Gasteiger partial charge in [0.05, 0.1) is 48.9 Å². The highest BCUT2D eigenvalue weighted by Gasteiger charge is 2.45. The van der Waals surface area contributed by atoms with Gasteiger partial charge in [-0.1, -0.05) is 0 Å². The van der Waals surface area contributed by atoms with Gasteiger partial charge >= 0.3 is 42.4 Å². The van der Waals surface area contributed by atoms with Gasteiger partial charge in [-0.2, -0.15) is 18.4 Å². The normalized spacial score (nSPS) is 25.7. The predicted molar refractivity (Wildman–Crippen MR) is 458 cm³/mol. The Kier molecular flexibility index (Phi) is 42.5. The van der Waals surface area contributed by atoms with Crippen LogP contribution in [0.1, 0.15) is 213 Å². The SMILES string of the molecule is CC(C)N1CCC(NC(=O)N2CCC(C#N)C2)CC1.CC(C)N1CCC(NC(=O)N2CCC(C(F)(F)F)C2)CC1.CC(C)N1CCC(NC(=O)N2CCC(O)C2)CC1.CC(C)OC1CCN(C(=O)NC2CCN(C(C)C)CC2)C1.COC1CCN(C(=O)NC2CCN(C(C)C)CC2)C1.COCC1CCN(C(=O)NC2CCN(C(C)C)CC2)C1. The number of aliphatic hydroxyl groups is 1. The van der Waals surface area contributed by atoms with E-state index >= 15 is 0 Å². The maximum absolute atomic E-state index is 12.6. The number of urea groups is 6. The molecule has 0 aromatic carbocycles. The van der Waals surface area contributed by atoms with E-state index in [0.29, 0.717) is 98.4 Å². The highest BCUT2D eigenvalue weighted by atomic mass is 19.4. The second-order valence-electron chi connectivity index (χ2n) is 37.2. The molecule has 32 heteroatoms. The number of piperidine rings is 6. The molecule has 29 nitrogen and oxygen atoms in total. The lowest BCUT2D eigenvalue weighted by molar-refractivity contribution is -0.169. The summed E-state index contributed by atoms with van der Waals surface area (Å²) in [5.74, 6) is -0.840. The smallest absolute Gasteiger partial charge is 0.391 e. The molecule has 12 heterocycles. The fourth-order valence-corrected chi connectivity index (χ4v) is 18.0. The molecule has 0 spiro atoms. The van der Waals surface area contributed by atoms with Gasteiger partial charge in [0.2, 0.25) is 0 Å². The summed E-state index contributed by atoms with van der Waals surface area (Å²) in [6, 6.07) is 7.39. The monoisotopic (exact) mass is 1680 g/mol. The van der Waals surface area contributed by atoms with E-state index in [1.54, 1.807) is 24.0 Å². The van der Waals surface area contributed by atoms with Crippen molar-refractivity contribution in [1.29, 1.82) is 5.26 Å². The zero-order chi connectivity index (χ0) is 86.3. The van der Waals surface area contributed by atoms with E-state index in [4.69, 9.17) is 19.5 Å². The third-order valence-corrected chi connectivity index (χ3v) is 26.2. The molecule has 680 valence electrons. The van der Waals surface area contributed by atoms with E-state index < -0.39 is 12.1 Å². The van der Waals surface area contributed by atoms with Gasteiger partial charge in [-0.3, -0.25) is 0 Å². The number of nitrogens with zero attached hydrogens (tertiary/aromatic N) is 13. The molecule has 0 radical (unpaired) electrons. The van der Waals surface area contributed by atoms with E-state index in [0.717, 1.165) is 234 Å². The van der Waals surface area contributed by atoms with Gasteiger partial charge in [0.15, 0.2) is 0 Å². The molecule has 12 aliphatic rings. The van der Waals surface area contributed by atoms with Crippen molar-refractivity contribution in [3.8, 4) is 6.07 Å². The molecule has 0 aromatic heterocycles. The van der Waals surface area contributed by atoms with E-state index in [1.165, 1.54) is 4.90 Å². The van der Waals surface area contributed by atoms with Crippen molar-refractivity contribution in [3.05, 3.63) is 0 Å². The van der Waals surface area contributed by atoms with Crippen LogP contribution in [0.3, 0.4) is 0 Å². The minimum atomic E-state index is -4.20. The Morgan fingerprint density at radius 3 is 0.890 bits per heavy atom. The first-order valence-electron chi connectivity index (χ1n) is 45.7. The van der Waals surface area contributed by atoms with Crippen LogP contribution in [0.15, 0.2) is 0 Å². The molecule has 12 fully saturated rings. The van der Waals surface area contributed by atoms with Crippen LogP contribution < -0.4 is 31.9 Å². The van der Waals surface area contributed by atoms with Crippen molar-refractivity contribution >= 4 is 36.2 Å². The summed E-state index contributed by atoms with van der Waals surface area (Å²) in [6.45, 7) is 51.2. The number of nitriles is 1. The second kappa shape index (κ2) is 50.3. The first-order chi connectivity index (χ1) is 56.1. The summed E-state index contributed by atoms with van der Waals surface area (Å²) in [6.07, 6.45) is 12.8. The van der Waals surface area contributed by atoms with Gasteiger partial charge in [-0.05, 0) is 213 Å². The molecule has 0 aliphatic carbocycles. The number of halogens is 3. The van der Waals surface area contributed by atoms with Crippen molar-refractivity contribution in [2.24, 2.45) is 17.8 Å². The lowest BCUT2D eigenvalue weighted by Gasteiger charge is -2.35. The van der Waals surface area contributed by atoms with E-state index in [-0.39, 0.29) is 92.1 Å². The number of ether oxygens (including phenoxy) is 3. The standard InChI is InChI=1S/C16H31N3O2.C15H29N3O2.C14H24F3N3O.C14H24N4O.C14H27N3O2.C13H25N3O2/c1-12(2)18-8-5-14(6-9-18)17-16(20)19-10-7-15(11-19)21-13(3)4;1-12(2)17-8-5-14(6-9-17)16-15(19)18-7-4-13(10-18)11-20-3;1-10(2)19-7-4-12(5-8-19)18-13(21)20-6-3-11(9-20)14(15,16)17;1-11(2)17-7-4-13(5-8-17)16-14(19)18-6-3-12(9-15)10-18;1-11(2)16-7-4-12(5-8-16)15-14(18)17-9-6-13(10-17)19-3;1-10(2)15-6-3-11(4-7-15)14-13(18)16-8-5-12(17)9-16/h12-15H,5-11H2,1-4H3,(H,17,20);12-14H,4-11H2,1-3H3,(H,16,19);10-12H,3-9H2,1-2H3,(H,18,21);11-13H,3-8,10H2,1-2H3,(H,16,19);11-13H,4-10H2,1-3H3,(H,15,18);10-12,17H,3-9H2,1-2H3,(H,14,18). The van der Waals surface area contributed by atoms with Crippen LogP contribution in [0.5, 0.6) is 0 Å². The molecule has 118 heavy (non-hydrogen) atoms. The molecular weight excluding hydrogens is 1520 g/mol. The summed E-state index contributed by atoms with van der Waals surface area (Å²) < 4.78 is 54.1. The lowest BCUT2D eigenvalue weighted by Crippen LogP contribution is -2.50. The number of alkyl halides is 3. The van der Waals surface area contributed by atoms with Gasteiger partial charge in [-0.15, -0.1) is 0 Å². The summed E-state index contributed by atoms with van der Waals surface area (Å²) in [5.41, 5.74) is 0. The molecule has 0 bridgehead atoms. The maximum atomic E-state index is 12.6. The summed E-state index contributed by atoms with van der Waals surface area (Å²) in [4.78, 5) is 98.0. The number of rotatable bonds is 17. The molecular formula is C86H160F3N19O10. The van der Waals surface area contributed by atoms with E-state index in [9.17, 15) is 47.0 Å². The predicted octanol–water partition coefficient (Wildman–Crippen LogP) is 9.40. The number of likely N-dealkylation sites (tertiary alicyclic amines) is 12. The summed E-state index contributed by atoms with van der Waals surface area (Å²) in [5, 5.41) is 36.9. The quantitative estimate of drug-likeness (QED) is 0.0714. The molecule has 6 unspecified atom stereocenters. The number of hydrogen-bond donors (Lipinski definition) is 7.